The van der Waals surface area contributed by atoms with Gasteiger partial charge in [-0.3, -0.25) is 4.79 Å². The molecule has 0 spiro atoms. The number of rotatable bonds is 2. The first-order valence-corrected chi connectivity index (χ1v) is 6.45. The van der Waals surface area contributed by atoms with Crippen molar-refractivity contribution in [2.45, 2.75) is 37.3 Å². The molecule has 1 aromatic carbocycles. The number of anilines is 1. The van der Waals surface area contributed by atoms with Crippen molar-refractivity contribution >= 4 is 11.6 Å². The van der Waals surface area contributed by atoms with Crippen LogP contribution in [0.4, 0.5) is 5.69 Å². The zero-order valence-electron chi connectivity index (χ0n) is 10.6. The lowest BCUT2D eigenvalue weighted by Gasteiger charge is -2.27. The molecular formula is C14H19N3O. The molecule has 0 saturated heterocycles. The summed E-state index contributed by atoms with van der Waals surface area (Å²) in [4.78, 5) is 13.4. The number of nitrogens with zero attached hydrogens (tertiary/aromatic N) is 1. The van der Waals surface area contributed by atoms with E-state index in [1.165, 1.54) is 5.56 Å². The molecule has 0 bridgehead atoms. The number of amides is 1. The first kappa shape index (κ1) is 11.7. The fraction of sp³-hybridized carbons (Fsp3) is 0.500. The minimum atomic E-state index is -0.204. The minimum absolute atomic E-state index is 0.0919. The lowest BCUT2D eigenvalue weighted by molar-refractivity contribution is -0.118. The van der Waals surface area contributed by atoms with Crippen LogP contribution in [0.3, 0.4) is 0 Å². The summed E-state index contributed by atoms with van der Waals surface area (Å²) < 4.78 is 0. The number of aryl methyl sites for hydroxylation is 1. The summed E-state index contributed by atoms with van der Waals surface area (Å²) in [6.07, 6.45) is 3.39. The Hall–Kier alpha value is -1.39. The van der Waals surface area contributed by atoms with E-state index in [1.54, 1.807) is 4.90 Å². The highest BCUT2D eigenvalue weighted by Crippen LogP contribution is 2.43. The second kappa shape index (κ2) is 3.80. The summed E-state index contributed by atoms with van der Waals surface area (Å²) in [5, 5.41) is 0. The minimum Gasteiger partial charge on any atom is -0.323 e. The lowest BCUT2D eigenvalue weighted by atomic mass is 9.93. The molecule has 0 aromatic heterocycles. The average molecular weight is 245 g/mol. The highest BCUT2D eigenvalue weighted by Gasteiger charge is 2.44. The Labute approximate surface area is 107 Å². The average Bonchev–Trinajstić information content (AvgIpc) is 3.12. The number of carbonyl (C=O) groups is 1. The van der Waals surface area contributed by atoms with Crippen LogP contribution in [0.2, 0.25) is 0 Å². The van der Waals surface area contributed by atoms with Crippen molar-refractivity contribution in [1.29, 1.82) is 0 Å². The molecule has 1 fully saturated rings. The van der Waals surface area contributed by atoms with Gasteiger partial charge >= 0.3 is 0 Å². The van der Waals surface area contributed by atoms with Crippen LogP contribution in [0.1, 0.15) is 36.4 Å². The van der Waals surface area contributed by atoms with E-state index in [9.17, 15) is 4.79 Å². The van der Waals surface area contributed by atoms with E-state index in [4.69, 9.17) is 11.5 Å². The van der Waals surface area contributed by atoms with Gasteiger partial charge in [0.2, 0.25) is 5.91 Å². The van der Waals surface area contributed by atoms with Crippen LogP contribution in [-0.2, 0) is 11.2 Å². The Morgan fingerprint density at radius 1 is 1.33 bits per heavy atom. The molecule has 2 aliphatic rings. The van der Waals surface area contributed by atoms with Gasteiger partial charge in [-0.25, -0.2) is 0 Å². The highest BCUT2D eigenvalue weighted by molar-refractivity contribution is 5.95. The number of benzene rings is 1. The second-order valence-corrected chi connectivity index (χ2v) is 5.55. The molecule has 4 N–H and O–H groups in total. The molecule has 1 unspecified atom stereocenters. The molecular weight excluding hydrogens is 226 g/mol. The topological polar surface area (TPSA) is 72.3 Å². The maximum absolute atomic E-state index is 11.6. The fourth-order valence-electron chi connectivity index (χ4n) is 2.66. The van der Waals surface area contributed by atoms with Crippen LogP contribution < -0.4 is 16.4 Å². The molecule has 4 nitrogen and oxygen atoms in total. The molecule has 1 atom stereocenters. The molecule has 1 amide bonds. The molecule has 3 rings (SSSR count). The summed E-state index contributed by atoms with van der Waals surface area (Å²) in [6, 6.07) is 6.03. The van der Waals surface area contributed by atoms with Gasteiger partial charge in [0.05, 0.1) is 0 Å². The number of hydrogen-bond donors (Lipinski definition) is 2. The zero-order chi connectivity index (χ0) is 12.9. The summed E-state index contributed by atoms with van der Waals surface area (Å²) in [5.41, 5.74) is 15.5. The van der Waals surface area contributed by atoms with E-state index in [-0.39, 0.29) is 17.5 Å². The lowest BCUT2D eigenvalue weighted by Crippen LogP contribution is -2.36. The number of hydrogen-bond acceptors (Lipinski definition) is 3. The van der Waals surface area contributed by atoms with E-state index >= 15 is 0 Å². The first-order chi connectivity index (χ1) is 8.51. The van der Waals surface area contributed by atoms with Gasteiger partial charge in [0.15, 0.2) is 0 Å². The summed E-state index contributed by atoms with van der Waals surface area (Å²) >= 11 is 0. The largest absolute Gasteiger partial charge is 0.323 e. The van der Waals surface area contributed by atoms with Crippen molar-refractivity contribution in [3.63, 3.8) is 0 Å². The van der Waals surface area contributed by atoms with Crippen LogP contribution in [0, 0.1) is 0 Å². The number of fused-ring (bicyclic) bond motifs is 1. The van der Waals surface area contributed by atoms with Gasteiger partial charge in [0, 0.05) is 30.7 Å². The van der Waals surface area contributed by atoms with Gasteiger partial charge in [-0.15, -0.1) is 0 Å². The van der Waals surface area contributed by atoms with Gasteiger partial charge in [-0.05, 0) is 36.5 Å². The van der Waals surface area contributed by atoms with Crippen molar-refractivity contribution in [2.75, 3.05) is 11.9 Å². The monoisotopic (exact) mass is 245 g/mol. The third-order valence-corrected chi connectivity index (χ3v) is 4.25. The molecule has 1 aliphatic carbocycles. The van der Waals surface area contributed by atoms with Crippen LogP contribution in [0.5, 0.6) is 0 Å². The third-order valence-electron chi connectivity index (χ3n) is 4.25. The molecule has 4 heteroatoms. The van der Waals surface area contributed by atoms with Crippen molar-refractivity contribution in [1.82, 2.24) is 0 Å². The quantitative estimate of drug-likeness (QED) is 0.819. The van der Waals surface area contributed by atoms with Crippen LogP contribution in [0.25, 0.3) is 0 Å². The van der Waals surface area contributed by atoms with Crippen molar-refractivity contribution in [2.24, 2.45) is 11.5 Å². The Balaban J connectivity index is 1.94. The highest BCUT2D eigenvalue weighted by atomic mass is 16.2. The summed E-state index contributed by atoms with van der Waals surface area (Å²) in [5.74, 6) is 0.178. The molecule has 0 radical (unpaired) electrons. The van der Waals surface area contributed by atoms with Crippen molar-refractivity contribution in [3.8, 4) is 0 Å². The second-order valence-electron chi connectivity index (χ2n) is 5.55. The molecule has 1 heterocycles. The van der Waals surface area contributed by atoms with Crippen LogP contribution >= 0.6 is 0 Å². The maximum Gasteiger partial charge on any atom is 0.227 e. The number of carbonyl (C=O) groups excluding carboxylic acids is 1. The van der Waals surface area contributed by atoms with E-state index < -0.39 is 0 Å². The molecule has 18 heavy (non-hydrogen) atoms. The van der Waals surface area contributed by atoms with Gasteiger partial charge in [-0.2, -0.15) is 0 Å². The van der Waals surface area contributed by atoms with Crippen LogP contribution in [0.15, 0.2) is 18.2 Å². The summed E-state index contributed by atoms with van der Waals surface area (Å²) in [6.45, 7) is 0. The maximum atomic E-state index is 11.6. The predicted molar refractivity (Wildman–Crippen MR) is 71.3 cm³/mol. The van der Waals surface area contributed by atoms with Gasteiger partial charge in [-0.1, -0.05) is 12.1 Å². The van der Waals surface area contributed by atoms with Gasteiger partial charge in [0.25, 0.3) is 0 Å². The van der Waals surface area contributed by atoms with Crippen molar-refractivity contribution in [3.05, 3.63) is 29.3 Å². The van der Waals surface area contributed by atoms with Crippen LogP contribution in [-0.4, -0.2) is 18.5 Å². The predicted octanol–water partition coefficient (Wildman–Crippen LogP) is 1.09. The Bertz CT molecular complexity index is 508. The third kappa shape index (κ3) is 1.72. The van der Waals surface area contributed by atoms with E-state index in [0.29, 0.717) is 6.42 Å². The van der Waals surface area contributed by atoms with Gasteiger partial charge in [0.1, 0.15) is 0 Å². The molecule has 1 aliphatic heterocycles. The number of nitrogens with two attached hydrogens (primary N) is 2. The Kier molecular flexibility index (Phi) is 2.47. The van der Waals surface area contributed by atoms with E-state index in [2.05, 4.69) is 6.07 Å². The first-order valence-electron chi connectivity index (χ1n) is 6.45. The SMILES string of the molecule is CN1C(=O)CCc2cc(C(N)C3(N)CC3)ccc21. The van der Waals surface area contributed by atoms with E-state index in [1.807, 2.05) is 19.2 Å². The summed E-state index contributed by atoms with van der Waals surface area (Å²) in [7, 11) is 1.82. The molecule has 1 aromatic rings. The molecule has 1 saturated carbocycles. The standard InChI is InChI=1S/C14H19N3O/c1-17-11-4-2-10(13(15)14(16)6-7-14)8-9(11)3-5-12(17)18/h2,4,8,13H,3,5-7,15-16H2,1H3. The zero-order valence-corrected chi connectivity index (χ0v) is 10.6. The smallest absolute Gasteiger partial charge is 0.227 e. The van der Waals surface area contributed by atoms with Gasteiger partial charge < -0.3 is 16.4 Å². The van der Waals surface area contributed by atoms with Crippen molar-refractivity contribution < 1.29 is 4.79 Å². The fourth-order valence-corrected chi connectivity index (χ4v) is 2.66. The Morgan fingerprint density at radius 2 is 2.06 bits per heavy atom. The molecule has 96 valence electrons. The van der Waals surface area contributed by atoms with E-state index in [0.717, 1.165) is 30.5 Å². The Morgan fingerprint density at radius 3 is 2.72 bits per heavy atom. The normalized spacial score (nSPS) is 22.6.